The first-order valence-corrected chi connectivity index (χ1v) is 5.22. The molecule has 88 valence electrons. The van der Waals surface area contributed by atoms with Gasteiger partial charge in [0.05, 0.1) is 0 Å². The highest BCUT2D eigenvalue weighted by Crippen LogP contribution is 2.13. The monoisotopic (exact) mass is 264 g/mol. The molecule has 0 saturated carbocycles. The van der Waals surface area contributed by atoms with Gasteiger partial charge in [0.2, 0.25) is 16.5 Å². The standard InChI is InChI=1S/C8H10Cl2N4O2/c1-3(2)4(5(15)16)11-8-13-6(9)12-7(10)14-8/h3-4H,1-2H3,(H,15,16)(H,11,12,13,14)/t4-/m0/s1. The van der Waals surface area contributed by atoms with E-state index in [0.29, 0.717) is 0 Å². The van der Waals surface area contributed by atoms with Gasteiger partial charge in [0, 0.05) is 0 Å². The summed E-state index contributed by atoms with van der Waals surface area (Å²) in [6, 6.07) is -0.811. The second-order valence-corrected chi connectivity index (χ2v) is 4.08. The van der Waals surface area contributed by atoms with E-state index in [9.17, 15) is 4.79 Å². The highest BCUT2D eigenvalue weighted by molar-refractivity contribution is 6.31. The summed E-state index contributed by atoms with van der Waals surface area (Å²) in [5, 5.41) is 11.4. The predicted molar refractivity (Wildman–Crippen MR) is 59.7 cm³/mol. The lowest BCUT2D eigenvalue weighted by atomic mass is 10.1. The van der Waals surface area contributed by atoms with Crippen LogP contribution in [0.3, 0.4) is 0 Å². The SMILES string of the molecule is CC(C)[C@H](Nc1nc(Cl)nc(Cl)n1)C(=O)O. The van der Waals surface area contributed by atoms with Gasteiger partial charge >= 0.3 is 5.97 Å². The topological polar surface area (TPSA) is 88.0 Å². The van der Waals surface area contributed by atoms with Crippen molar-refractivity contribution in [1.29, 1.82) is 0 Å². The van der Waals surface area contributed by atoms with Crippen LogP contribution in [-0.4, -0.2) is 32.1 Å². The summed E-state index contributed by atoms with van der Waals surface area (Å²) in [6.45, 7) is 3.52. The number of carboxylic acids is 1. The Hall–Kier alpha value is -1.14. The van der Waals surface area contributed by atoms with Crippen LogP contribution in [-0.2, 0) is 4.79 Å². The van der Waals surface area contributed by atoms with Crippen LogP contribution in [0, 0.1) is 5.92 Å². The maximum Gasteiger partial charge on any atom is 0.326 e. The molecule has 0 aliphatic heterocycles. The number of rotatable bonds is 4. The number of aromatic nitrogens is 3. The fourth-order valence-electron chi connectivity index (χ4n) is 1.04. The smallest absolute Gasteiger partial charge is 0.326 e. The van der Waals surface area contributed by atoms with E-state index in [1.54, 1.807) is 13.8 Å². The summed E-state index contributed by atoms with van der Waals surface area (Å²) in [5.74, 6) is -1.08. The van der Waals surface area contributed by atoms with Crippen LogP contribution >= 0.6 is 23.2 Å². The molecule has 0 saturated heterocycles. The number of halogens is 2. The molecule has 0 amide bonds. The molecule has 1 atom stereocenters. The van der Waals surface area contributed by atoms with Crippen molar-refractivity contribution >= 4 is 35.1 Å². The third-order valence-electron chi connectivity index (χ3n) is 1.80. The molecule has 0 bridgehead atoms. The molecule has 8 heteroatoms. The van der Waals surface area contributed by atoms with Crippen molar-refractivity contribution in [2.45, 2.75) is 19.9 Å². The zero-order chi connectivity index (χ0) is 12.3. The van der Waals surface area contributed by atoms with Crippen LogP contribution in [0.4, 0.5) is 5.95 Å². The Labute approximate surface area is 102 Å². The fourth-order valence-corrected chi connectivity index (χ4v) is 1.41. The van der Waals surface area contributed by atoms with Gasteiger partial charge in [-0.05, 0) is 29.1 Å². The minimum Gasteiger partial charge on any atom is -0.480 e. The number of anilines is 1. The molecule has 1 heterocycles. The summed E-state index contributed by atoms with van der Waals surface area (Å²) in [6.07, 6.45) is 0. The summed E-state index contributed by atoms with van der Waals surface area (Å²) < 4.78 is 0. The summed E-state index contributed by atoms with van der Waals surface area (Å²) in [5.41, 5.74) is 0. The molecule has 2 N–H and O–H groups in total. The molecule has 1 rings (SSSR count). The van der Waals surface area contributed by atoms with E-state index in [1.165, 1.54) is 0 Å². The van der Waals surface area contributed by atoms with Crippen LogP contribution in [0.2, 0.25) is 10.6 Å². The summed E-state index contributed by atoms with van der Waals surface area (Å²) in [4.78, 5) is 21.9. The average Bonchev–Trinajstić information content (AvgIpc) is 2.11. The lowest BCUT2D eigenvalue weighted by Crippen LogP contribution is -2.35. The molecule has 0 unspecified atom stereocenters. The third-order valence-corrected chi connectivity index (χ3v) is 2.14. The van der Waals surface area contributed by atoms with Gasteiger partial charge in [0.1, 0.15) is 6.04 Å². The van der Waals surface area contributed by atoms with E-state index in [2.05, 4.69) is 20.3 Å². The zero-order valence-corrected chi connectivity index (χ0v) is 10.1. The van der Waals surface area contributed by atoms with Crippen LogP contribution < -0.4 is 5.32 Å². The Morgan fingerprint density at radius 1 is 1.25 bits per heavy atom. The first-order valence-electron chi connectivity index (χ1n) is 4.46. The molecule has 0 fully saturated rings. The maximum absolute atomic E-state index is 10.9. The van der Waals surface area contributed by atoms with Crippen LogP contribution in [0.25, 0.3) is 0 Å². The number of carboxylic acid groups (broad SMARTS) is 1. The highest BCUT2D eigenvalue weighted by atomic mass is 35.5. The van der Waals surface area contributed by atoms with Crippen LogP contribution in [0.1, 0.15) is 13.8 Å². The molecular formula is C8H10Cl2N4O2. The maximum atomic E-state index is 10.9. The Bertz CT molecular complexity index is 379. The minimum atomic E-state index is -0.998. The first-order chi connectivity index (χ1) is 7.40. The summed E-state index contributed by atoms with van der Waals surface area (Å²) in [7, 11) is 0. The van der Waals surface area contributed by atoms with Crippen molar-refractivity contribution in [1.82, 2.24) is 15.0 Å². The van der Waals surface area contributed by atoms with Gasteiger partial charge < -0.3 is 10.4 Å². The molecule has 0 aliphatic carbocycles. The Morgan fingerprint density at radius 3 is 2.12 bits per heavy atom. The van der Waals surface area contributed by atoms with Crippen molar-refractivity contribution in [2.24, 2.45) is 5.92 Å². The zero-order valence-electron chi connectivity index (χ0n) is 8.61. The molecule has 0 radical (unpaired) electrons. The number of carbonyl (C=O) groups is 1. The molecule has 0 aromatic carbocycles. The largest absolute Gasteiger partial charge is 0.480 e. The third kappa shape index (κ3) is 3.46. The Balaban J connectivity index is 2.89. The molecule has 0 aliphatic rings. The van der Waals surface area contributed by atoms with E-state index in [4.69, 9.17) is 28.3 Å². The van der Waals surface area contributed by atoms with E-state index in [0.717, 1.165) is 0 Å². The van der Waals surface area contributed by atoms with Gasteiger partial charge in [0.15, 0.2) is 0 Å². The van der Waals surface area contributed by atoms with Crippen LogP contribution in [0.15, 0.2) is 0 Å². The number of hydrogen-bond acceptors (Lipinski definition) is 5. The van der Waals surface area contributed by atoms with Gasteiger partial charge in [0.25, 0.3) is 0 Å². The van der Waals surface area contributed by atoms with Crippen LogP contribution in [0.5, 0.6) is 0 Å². The first kappa shape index (κ1) is 12.9. The summed E-state index contributed by atoms with van der Waals surface area (Å²) >= 11 is 11.1. The van der Waals surface area contributed by atoms with E-state index in [-0.39, 0.29) is 22.4 Å². The second-order valence-electron chi connectivity index (χ2n) is 3.40. The highest BCUT2D eigenvalue weighted by Gasteiger charge is 2.22. The van der Waals surface area contributed by atoms with E-state index in [1.807, 2.05) is 0 Å². The minimum absolute atomic E-state index is 0.0473. The second kappa shape index (κ2) is 5.27. The van der Waals surface area contributed by atoms with Crippen molar-refractivity contribution in [3.05, 3.63) is 10.6 Å². The van der Waals surface area contributed by atoms with Gasteiger partial charge in [-0.3, -0.25) is 0 Å². The molecule has 0 spiro atoms. The van der Waals surface area contributed by atoms with Crippen molar-refractivity contribution < 1.29 is 9.90 Å². The molecule has 1 aromatic heterocycles. The fraction of sp³-hybridized carbons (Fsp3) is 0.500. The number of nitrogens with one attached hydrogen (secondary N) is 1. The van der Waals surface area contributed by atoms with E-state index >= 15 is 0 Å². The average molecular weight is 265 g/mol. The quantitative estimate of drug-likeness (QED) is 0.861. The molecular weight excluding hydrogens is 255 g/mol. The number of hydrogen-bond donors (Lipinski definition) is 2. The molecule has 1 aromatic rings. The van der Waals surface area contributed by atoms with E-state index < -0.39 is 12.0 Å². The van der Waals surface area contributed by atoms with Crippen molar-refractivity contribution in [3.63, 3.8) is 0 Å². The molecule has 16 heavy (non-hydrogen) atoms. The van der Waals surface area contributed by atoms with Gasteiger partial charge in [-0.15, -0.1) is 0 Å². The van der Waals surface area contributed by atoms with Gasteiger partial charge in [-0.2, -0.15) is 15.0 Å². The lowest BCUT2D eigenvalue weighted by molar-refractivity contribution is -0.138. The molecule has 6 nitrogen and oxygen atoms in total. The lowest BCUT2D eigenvalue weighted by Gasteiger charge is -2.17. The number of aliphatic carboxylic acids is 1. The van der Waals surface area contributed by atoms with Crippen molar-refractivity contribution in [2.75, 3.05) is 5.32 Å². The predicted octanol–water partition coefficient (Wildman–Crippen LogP) is 1.70. The van der Waals surface area contributed by atoms with Crippen molar-refractivity contribution in [3.8, 4) is 0 Å². The number of nitrogens with zero attached hydrogens (tertiary/aromatic N) is 3. The Morgan fingerprint density at radius 2 is 1.75 bits per heavy atom. The van der Waals surface area contributed by atoms with Gasteiger partial charge in [-0.25, -0.2) is 4.79 Å². The normalized spacial score (nSPS) is 12.6. The Kier molecular flexibility index (Phi) is 4.26. The van der Waals surface area contributed by atoms with Gasteiger partial charge in [-0.1, -0.05) is 13.8 Å².